The molecule has 1 N–H and O–H groups in total. The van der Waals surface area contributed by atoms with E-state index >= 15 is 0 Å². The Kier molecular flexibility index (Phi) is 5.30. The van der Waals surface area contributed by atoms with Gasteiger partial charge >= 0.3 is 0 Å². The zero-order valence-electron chi connectivity index (χ0n) is 17.5. The van der Waals surface area contributed by atoms with Crippen molar-refractivity contribution in [3.63, 3.8) is 0 Å². The number of rotatable bonds is 5. The van der Waals surface area contributed by atoms with E-state index in [1.807, 2.05) is 11.0 Å². The Balaban J connectivity index is 1.35. The lowest BCUT2D eigenvalue weighted by atomic mass is 10.2. The Morgan fingerprint density at radius 2 is 1.85 bits per heavy atom. The molecule has 0 atom stereocenters. The van der Waals surface area contributed by atoms with Crippen LogP contribution in [0.15, 0.2) is 47.6 Å². The van der Waals surface area contributed by atoms with Crippen molar-refractivity contribution in [1.29, 1.82) is 0 Å². The van der Waals surface area contributed by atoms with Crippen molar-refractivity contribution in [2.24, 2.45) is 0 Å². The van der Waals surface area contributed by atoms with E-state index in [1.54, 1.807) is 30.1 Å². The van der Waals surface area contributed by atoms with Crippen LogP contribution in [0.2, 0.25) is 0 Å². The number of sulfonamides is 1. The molecule has 1 saturated heterocycles. The second-order valence-corrected chi connectivity index (χ2v) is 9.29. The van der Waals surface area contributed by atoms with Gasteiger partial charge in [0.25, 0.3) is 0 Å². The van der Waals surface area contributed by atoms with Crippen LogP contribution in [0.25, 0.3) is 17.2 Å². The average Bonchev–Trinajstić information content (AvgIpc) is 3.54. The average molecular weight is 470 g/mol. The number of hydrogen-bond donors (Lipinski definition) is 1. The maximum Gasteiger partial charge on any atom is 0.243 e. The van der Waals surface area contributed by atoms with E-state index in [0.29, 0.717) is 30.5 Å². The first kappa shape index (κ1) is 21.1. The summed E-state index contributed by atoms with van der Waals surface area (Å²) in [6.07, 6.45) is 3.46. The van der Waals surface area contributed by atoms with E-state index in [-0.39, 0.29) is 29.4 Å². The Hall–Kier alpha value is -3.78. The molecule has 4 heterocycles. The summed E-state index contributed by atoms with van der Waals surface area (Å²) in [7, 11) is -3.84. The minimum absolute atomic E-state index is 0.0125. The highest BCUT2D eigenvalue weighted by Gasteiger charge is 2.30. The Morgan fingerprint density at radius 1 is 1.06 bits per heavy atom. The van der Waals surface area contributed by atoms with Crippen LogP contribution in [0.4, 0.5) is 10.2 Å². The van der Waals surface area contributed by atoms with Gasteiger partial charge in [0.05, 0.1) is 10.5 Å². The summed E-state index contributed by atoms with van der Waals surface area (Å²) in [6.45, 7) is 3.17. The molecule has 0 bridgehead atoms. The molecule has 12 nitrogen and oxygen atoms in total. The predicted molar refractivity (Wildman–Crippen MR) is 114 cm³/mol. The molecule has 1 aliphatic rings. The van der Waals surface area contributed by atoms with E-state index < -0.39 is 15.8 Å². The topological polar surface area (TPSA) is 139 Å². The second-order valence-electron chi connectivity index (χ2n) is 7.35. The van der Waals surface area contributed by atoms with E-state index in [9.17, 15) is 12.8 Å². The van der Waals surface area contributed by atoms with Gasteiger partial charge in [-0.05, 0) is 36.4 Å². The lowest BCUT2D eigenvalue weighted by Crippen LogP contribution is -2.49. The molecule has 1 fully saturated rings. The Bertz CT molecular complexity index is 1370. The number of hydrogen-bond acceptors (Lipinski definition) is 9. The number of H-pyrrole nitrogens is 1. The number of nitrogens with one attached hydrogen (secondary N) is 1. The van der Waals surface area contributed by atoms with Gasteiger partial charge in [-0.3, -0.25) is 0 Å². The first-order valence-electron chi connectivity index (χ1n) is 10.1. The number of aromatic amines is 1. The fraction of sp³-hybridized carbons (Fsp3) is 0.263. The highest BCUT2D eigenvalue weighted by molar-refractivity contribution is 7.89. The lowest BCUT2D eigenvalue weighted by molar-refractivity contribution is 0.383. The molecular weight excluding hydrogens is 451 g/mol. The summed E-state index contributed by atoms with van der Waals surface area (Å²) in [6, 6.07) is 7.19. The Labute approximate surface area is 188 Å². The van der Waals surface area contributed by atoms with Crippen LogP contribution >= 0.6 is 0 Å². The third kappa shape index (κ3) is 4.05. The monoisotopic (exact) mass is 470 g/mol. The van der Waals surface area contributed by atoms with E-state index in [4.69, 9.17) is 0 Å². The molecule has 0 aliphatic carbocycles. The molecule has 14 heteroatoms. The van der Waals surface area contributed by atoms with Gasteiger partial charge in [0.2, 0.25) is 15.8 Å². The van der Waals surface area contributed by atoms with Gasteiger partial charge in [0.15, 0.2) is 5.82 Å². The zero-order valence-corrected chi connectivity index (χ0v) is 18.3. The third-order valence-electron chi connectivity index (χ3n) is 5.27. The van der Waals surface area contributed by atoms with Crippen LogP contribution in [-0.4, -0.2) is 79.3 Å². The third-order valence-corrected chi connectivity index (χ3v) is 7.17. The molecule has 1 aliphatic heterocycles. The van der Waals surface area contributed by atoms with Crippen molar-refractivity contribution in [2.45, 2.75) is 11.8 Å². The van der Waals surface area contributed by atoms with Gasteiger partial charge in [-0.2, -0.15) is 14.6 Å². The predicted octanol–water partition coefficient (Wildman–Crippen LogP) is 0.801. The summed E-state index contributed by atoms with van der Waals surface area (Å²) >= 11 is 0. The minimum atomic E-state index is -3.84. The maximum atomic E-state index is 14.2. The lowest BCUT2D eigenvalue weighted by Gasteiger charge is -2.34. The molecular formula is C19H19FN10O2S. The number of halogens is 1. The molecule has 0 radical (unpaired) electrons. The molecule has 4 aromatic rings. The van der Waals surface area contributed by atoms with Gasteiger partial charge < -0.3 is 4.90 Å². The van der Waals surface area contributed by atoms with Crippen molar-refractivity contribution in [2.75, 3.05) is 31.1 Å². The number of aryl methyl sites for hydroxylation is 1. The van der Waals surface area contributed by atoms with Gasteiger partial charge in [0, 0.05) is 44.6 Å². The highest BCUT2D eigenvalue weighted by Crippen LogP contribution is 2.26. The fourth-order valence-electron chi connectivity index (χ4n) is 3.64. The molecule has 0 spiro atoms. The standard InChI is InChI=1S/C19H19FN10O2S/c1-13-22-17(12-18(23-13)30-6-2-5-21-30)28-7-9-29(10-8-28)33(31,32)14-3-4-16(20)15(11-14)19-24-26-27-25-19/h2-6,11-12H,7-10H2,1H3,(H,24,25,26,27). The van der Waals surface area contributed by atoms with Crippen LogP contribution < -0.4 is 4.90 Å². The summed E-state index contributed by atoms with van der Waals surface area (Å²) in [5.41, 5.74) is -0.0360. The molecule has 1 aromatic carbocycles. The number of nitrogens with zero attached hydrogens (tertiary/aromatic N) is 9. The summed E-state index contributed by atoms with van der Waals surface area (Å²) in [5.74, 6) is 1.28. The molecule has 170 valence electrons. The first-order valence-corrected chi connectivity index (χ1v) is 11.5. The van der Waals surface area contributed by atoms with E-state index in [0.717, 1.165) is 6.07 Å². The van der Waals surface area contributed by atoms with Gasteiger partial charge in [-0.1, -0.05) is 0 Å². The number of anilines is 1. The van der Waals surface area contributed by atoms with Crippen molar-refractivity contribution < 1.29 is 12.8 Å². The van der Waals surface area contributed by atoms with Crippen LogP contribution in [0.5, 0.6) is 0 Å². The zero-order chi connectivity index (χ0) is 23.0. The van der Waals surface area contributed by atoms with Crippen molar-refractivity contribution >= 4 is 15.8 Å². The largest absolute Gasteiger partial charge is 0.354 e. The molecule has 0 saturated carbocycles. The SMILES string of the molecule is Cc1nc(N2CCN(S(=O)(=O)c3ccc(F)c(-c4nn[nH]n4)c3)CC2)cc(-n2cccn2)n1. The van der Waals surface area contributed by atoms with Crippen LogP contribution in [0.3, 0.4) is 0 Å². The van der Waals surface area contributed by atoms with Gasteiger partial charge in [-0.15, -0.1) is 10.2 Å². The number of aromatic nitrogens is 8. The van der Waals surface area contributed by atoms with Gasteiger partial charge in [0.1, 0.15) is 17.5 Å². The fourth-order valence-corrected chi connectivity index (χ4v) is 5.09. The number of piperazine rings is 1. The van der Waals surface area contributed by atoms with Crippen molar-refractivity contribution in [3.05, 3.63) is 54.4 Å². The molecule has 0 amide bonds. The normalized spacial score (nSPS) is 15.2. The molecule has 0 unspecified atom stereocenters. The highest BCUT2D eigenvalue weighted by atomic mass is 32.2. The van der Waals surface area contributed by atoms with Crippen LogP contribution in [0, 0.1) is 12.7 Å². The molecule has 33 heavy (non-hydrogen) atoms. The molecule has 5 rings (SSSR count). The van der Waals surface area contributed by atoms with Gasteiger partial charge in [-0.25, -0.2) is 27.5 Å². The van der Waals surface area contributed by atoms with E-state index in [1.165, 1.54) is 16.4 Å². The minimum Gasteiger partial charge on any atom is -0.354 e. The number of benzene rings is 1. The van der Waals surface area contributed by atoms with Crippen molar-refractivity contribution in [3.8, 4) is 17.2 Å². The maximum absolute atomic E-state index is 14.2. The van der Waals surface area contributed by atoms with Crippen LogP contribution in [0.1, 0.15) is 5.82 Å². The van der Waals surface area contributed by atoms with E-state index in [2.05, 4.69) is 35.7 Å². The summed E-state index contributed by atoms with van der Waals surface area (Å²) in [5, 5.41) is 17.3. The summed E-state index contributed by atoms with van der Waals surface area (Å²) < 4.78 is 43.7. The summed E-state index contributed by atoms with van der Waals surface area (Å²) in [4.78, 5) is 10.9. The molecule has 3 aromatic heterocycles. The van der Waals surface area contributed by atoms with Crippen molar-refractivity contribution in [1.82, 2.24) is 44.7 Å². The smallest absolute Gasteiger partial charge is 0.243 e. The number of tetrazole rings is 1. The quantitative estimate of drug-likeness (QED) is 0.449. The first-order chi connectivity index (χ1) is 15.9. The van der Waals surface area contributed by atoms with Crippen LogP contribution in [-0.2, 0) is 10.0 Å². The Morgan fingerprint density at radius 3 is 2.55 bits per heavy atom. The second kappa shape index (κ2) is 8.29.